The van der Waals surface area contributed by atoms with Crippen molar-refractivity contribution >= 4 is 49.1 Å². The molecule has 0 bridgehead atoms. The number of ether oxygens (including phenoxy) is 1. The molecule has 0 aliphatic heterocycles. The molecule has 2 aromatic carbocycles. The van der Waals surface area contributed by atoms with Crippen molar-refractivity contribution in [3.63, 3.8) is 0 Å². The van der Waals surface area contributed by atoms with Gasteiger partial charge in [-0.3, -0.25) is 14.9 Å². The van der Waals surface area contributed by atoms with Crippen LogP contribution in [0.5, 0.6) is 5.75 Å². The Kier molecular flexibility index (Phi) is 7.59. The van der Waals surface area contributed by atoms with Gasteiger partial charge in [-0.1, -0.05) is 13.0 Å². The van der Waals surface area contributed by atoms with Gasteiger partial charge in [-0.05, 0) is 68.5 Å². The van der Waals surface area contributed by atoms with E-state index in [1.165, 1.54) is 23.8 Å². The number of carbonyl (C=O) groups is 1. The lowest BCUT2D eigenvalue weighted by Crippen LogP contribution is -2.13. The van der Waals surface area contributed by atoms with Gasteiger partial charge in [-0.15, -0.1) is 0 Å². The van der Waals surface area contributed by atoms with Crippen LogP contribution in [0, 0.1) is 10.1 Å². The highest BCUT2D eigenvalue weighted by Crippen LogP contribution is 2.28. The Morgan fingerprint density at radius 3 is 2.58 bits per heavy atom. The summed E-state index contributed by atoms with van der Waals surface area (Å²) >= 11 is 6.71. The fourth-order valence-electron chi connectivity index (χ4n) is 2.23. The van der Waals surface area contributed by atoms with Gasteiger partial charge in [0.1, 0.15) is 5.75 Å². The number of anilines is 1. The molecule has 0 saturated heterocycles. The fourth-order valence-corrected chi connectivity index (χ4v) is 3.23. The van der Waals surface area contributed by atoms with Gasteiger partial charge >= 0.3 is 0 Å². The molecule has 1 N–H and O–H groups in total. The quantitative estimate of drug-likeness (QED) is 0.305. The summed E-state index contributed by atoms with van der Waals surface area (Å²) in [7, 11) is 0. The number of nitro groups is 1. The molecule has 0 spiro atoms. The first-order valence-electron chi connectivity index (χ1n) is 8.05. The van der Waals surface area contributed by atoms with Gasteiger partial charge in [0.25, 0.3) is 5.69 Å². The summed E-state index contributed by atoms with van der Waals surface area (Å²) in [6.07, 6.45) is 1.80. The number of benzene rings is 2. The van der Waals surface area contributed by atoms with Gasteiger partial charge < -0.3 is 10.1 Å². The third-order valence-corrected chi connectivity index (χ3v) is 4.92. The van der Waals surface area contributed by atoms with E-state index < -0.39 is 4.92 Å². The number of hydrogen-bond donors (Lipinski definition) is 1. The first kappa shape index (κ1) is 20.4. The van der Waals surface area contributed by atoms with E-state index in [2.05, 4.69) is 44.1 Å². The molecule has 138 valence electrons. The van der Waals surface area contributed by atoms with Crippen molar-refractivity contribution in [3.05, 3.63) is 61.0 Å². The van der Waals surface area contributed by atoms with Crippen LogP contribution >= 0.6 is 31.9 Å². The average molecular weight is 486 g/mol. The number of nitrogens with one attached hydrogen (secondary N) is 1. The number of nitrogens with zero attached hydrogens (tertiary/aromatic N) is 1. The molecule has 0 unspecified atom stereocenters. The lowest BCUT2D eigenvalue weighted by Gasteiger charge is -2.10. The van der Waals surface area contributed by atoms with Crippen molar-refractivity contribution in [3.8, 4) is 5.75 Å². The summed E-state index contributed by atoms with van der Waals surface area (Å²) in [5.41, 5.74) is 1.68. The van der Waals surface area contributed by atoms with Crippen LogP contribution in [0.3, 0.4) is 0 Å². The standard InChI is InChI=1S/C18H18Br2N2O4/c1-2-12-5-8-17(15(20)10-12)26-9-3-4-18(23)21-16-7-6-13(22(24)25)11-14(16)19/h5-8,10-11H,2-4,9H2,1H3,(H,21,23). The Morgan fingerprint density at radius 2 is 1.96 bits per heavy atom. The summed E-state index contributed by atoms with van der Waals surface area (Å²) in [5, 5.41) is 13.4. The maximum absolute atomic E-state index is 12.0. The van der Waals surface area contributed by atoms with E-state index in [0.29, 0.717) is 23.2 Å². The van der Waals surface area contributed by atoms with Crippen LogP contribution in [-0.4, -0.2) is 17.4 Å². The Balaban J connectivity index is 1.80. The Bertz CT molecular complexity index is 812. The summed E-state index contributed by atoms with van der Waals surface area (Å²) in [5.74, 6) is 0.573. The monoisotopic (exact) mass is 484 g/mol. The third kappa shape index (κ3) is 5.81. The van der Waals surface area contributed by atoms with Crippen LogP contribution in [0.15, 0.2) is 45.3 Å². The number of carbonyl (C=O) groups excluding carboxylic acids is 1. The Morgan fingerprint density at radius 1 is 1.19 bits per heavy atom. The number of halogens is 2. The van der Waals surface area contributed by atoms with Crippen molar-refractivity contribution in [1.82, 2.24) is 0 Å². The normalized spacial score (nSPS) is 10.4. The number of rotatable bonds is 8. The van der Waals surface area contributed by atoms with Crippen LogP contribution in [0.2, 0.25) is 0 Å². The summed E-state index contributed by atoms with van der Waals surface area (Å²) < 4.78 is 7.06. The molecule has 0 radical (unpaired) electrons. The predicted molar refractivity (Wildman–Crippen MR) is 108 cm³/mol. The first-order valence-corrected chi connectivity index (χ1v) is 9.64. The average Bonchev–Trinajstić information content (AvgIpc) is 2.61. The lowest BCUT2D eigenvalue weighted by atomic mass is 10.2. The highest BCUT2D eigenvalue weighted by atomic mass is 79.9. The number of non-ortho nitro benzene ring substituents is 1. The van der Waals surface area contributed by atoms with Gasteiger partial charge in [0.15, 0.2) is 0 Å². The van der Waals surface area contributed by atoms with E-state index in [9.17, 15) is 14.9 Å². The Labute approximate surface area is 168 Å². The number of aryl methyl sites for hydroxylation is 1. The Hall–Kier alpha value is -1.93. The second kappa shape index (κ2) is 9.68. The third-order valence-electron chi connectivity index (χ3n) is 3.65. The van der Waals surface area contributed by atoms with E-state index in [0.717, 1.165) is 16.6 Å². The van der Waals surface area contributed by atoms with Crippen LogP contribution in [-0.2, 0) is 11.2 Å². The molecule has 0 saturated carbocycles. The van der Waals surface area contributed by atoms with Crippen LogP contribution in [0.25, 0.3) is 0 Å². The van der Waals surface area contributed by atoms with Crippen LogP contribution in [0.1, 0.15) is 25.3 Å². The topological polar surface area (TPSA) is 81.5 Å². The van der Waals surface area contributed by atoms with Crippen molar-refractivity contribution < 1.29 is 14.5 Å². The molecule has 0 aliphatic carbocycles. The molecule has 0 aromatic heterocycles. The molecule has 0 atom stereocenters. The van der Waals surface area contributed by atoms with E-state index in [4.69, 9.17) is 4.74 Å². The van der Waals surface area contributed by atoms with Gasteiger partial charge in [-0.2, -0.15) is 0 Å². The van der Waals surface area contributed by atoms with Crippen LogP contribution < -0.4 is 10.1 Å². The minimum Gasteiger partial charge on any atom is -0.492 e. The molecule has 0 aliphatic rings. The number of nitro benzene ring substituents is 1. The zero-order valence-corrected chi connectivity index (χ0v) is 17.3. The summed E-state index contributed by atoms with van der Waals surface area (Å²) in [4.78, 5) is 22.2. The smallest absolute Gasteiger partial charge is 0.270 e. The second-order valence-corrected chi connectivity index (χ2v) is 7.25. The zero-order chi connectivity index (χ0) is 19.1. The molecule has 1 amide bonds. The summed E-state index contributed by atoms with van der Waals surface area (Å²) in [6.45, 7) is 2.50. The zero-order valence-electron chi connectivity index (χ0n) is 14.1. The van der Waals surface area contributed by atoms with Gasteiger partial charge in [0, 0.05) is 23.0 Å². The van der Waals surface area contributed by atoms with Crippen molar-refractivity contribution in [2.24, 2.45) is 0 Å². The minimum absolute atomic E-state index is 0.0389. The predicted octanol–water partition coefficient (Wildman–Crippen LogP) is 5.48. The lowest BCUT2D eigenvalue weighted by molar-refractivity contribution is -0.384. The molecule has 2 rings (SSSR count). The second-order valence-electron chi connectivity index (χ2n) is 5.54. The SMILES string of the molecule is CCc1ccc(OCCCC(=O)Nc2ccc([N+](=O)[O-])cc2Br)c(Br)c1. The minimum atomic E-state index is -0.487. The van der Waals surface area contributed by atoms with Crippen molar-refractivity contribution in [1.29, 1.82) is 0 Å². The molecule has 2 aromatic rings. The molecule has 6 nitrogen and oxygen atoms in total. The number of amides is 1. The molecule has 0 heterocycles. The van der Waals surface area contributed by atoms with Gasteiger partial charge in [-0.25, -0.2) is 0 Å². The fraction of sp³-hybridized carbons (Fsp3) is 0.278. The van der Waals surface area contributed by atoms with Gasteiger partial charge in [0.2, 0.25) is 5.91 Å². The maximum Gasteiger partial charge on any atom is 0.270 e. The molecular weight excluding hydrogens is 468 g/mol. The van der Waals surface area contributed by atoms with E-state index >= 15 is 0 Å². The molecule has 26 heavy (non-hydrogen) atoms. The highest BCUT2D eigenvalue weighted by molar-refractivity contribution is 9.11. The molecule has 8 heteroatoms. The van der Waals surface area contributed by atoms with Crippen molar-refractivity contribution in [2.45, 2.75) is 26.2 Å². The maximum atomic E-state index is 12.0. The number of hydrogen-bond acceptors (Lipinski definition) is 4. The van der Waals surface area contributed by atoms with E-state index in [1.807, 2.05) is 18.2 Å². The first-order chi connectivity index (χ1) is 12.4. The van der Waals surface area contributed by atoms with E-state index in [-0.39, 0.29) is 18.0 Å². The molecular formula is C18H18Br2N2O4. The largest absolute Gasteiger partial charge is 0.492 e. The highest BCUT2D eigenvalue weighted by Gasteiger charge is 2.11. The summed E-state index contributed by atoms with van der Waals surface area (Å²) in [6, 6.07) is 10.2. The van der Waals surface area contributed by atoms with Crippen LogP contribution in [0.4, 0.5) is 11.4 Å². The van der Waals surface area contributed by atoms with Crippen molar-refractivity contribution in [2.75, 3.05) is 11.9 Å². The van der Waals surface area contributed by atoms with Gasteiger partial charge in [0.05, 0.1) is 21.7 Å². The molecule has 0 fully saturated rings. The van der Waals surface area contributed by atoms with E-state index in [1.54, 1.807) is 0 Å².